The van der Waals surface area contributed by atoms with E-state index in [4.69, 9.17) is 5.11 Å². The van der Waals surface area contributed by atoms with Crippen molar-refractivity contribution in [1.29, 1.82) is 0 Å². The average Bonchev–Trinajstić information content (AvgIpc) is 2.63. The molecule has 1 heterocycles. The van der Waals surface area contributed by atoms with Crippen LogP contribution in [-0.2, 0) is 11.3 Å². The highest BCUT2D eigenvalue weighted by molar-refractivity contribution is 5.81. The molecule has 0 aliphatic rings. The van der Waals surface area contributed by atoms with E-state index >= 15 is 0 Å². The summed E-state index contributed by atoms with van der Waals surface area (Å²) < 4.78 is 15.1. The van der Waals surface area contributed by atoms with Crippen molar-refractivity contribution in [1.82, 2.24) is 4.57 Å². The van der Waals surface area contributed by atoms with Gasteiger partial charge in [0, 0.05) is 18.1 Å². The van der Waals surface area contributed by atoms with Gasteiger partial charge in [0.05, 0.1) is 11.4 Å². The first-order valence-electron chi connectivity index (χ1n) is 5.06. The maximum absolute atomic E-state index is 13.4. The Labute approximate surface area is 92.1 Å². The van der Waals surface area contributed by atoms with Crippen molar-refractivity contribution < 1.29 is 14.3 Å². The molecule has 0 aliphatic carbocycles. The Kier molecular flexibility index (Phi) is 2.64. The molecule has 1 N–H and O–H groups in total. The Hall–Kier alpha value is -1.84. The molecule has 1 aromatic carbocycles. The second kappa shape index (κ2) is 3.96. The third-order valence-corrected chi connectivity index (χ3v) is 2.65. The Morgan fingerprint density at radius 2 is 2.25 bits per heavy atom. The standard InChI is InChI=1S/C12H12FNO2/c1-8(12(15)16)7-14-6-5-9-10(13)3-2-4-11(9)14/h2-6,8H,7H2,1H3,(H,15,16). The Bertz CT molecular complexity index is 533. The third kappa shape index (κ3) is 1.78. The van der Waals surface area contributed by atoms with Crippen LogP contribution in [-0.4, -0.2) is 15.6 Å². The minimum atomic E-state index is -0.849. The van der Waals surface area contributed by atoms with Crippen LogP contribution in [0.15, 0.2) is 30.5 Å². The summed E-state index contributed by atoms with van der Waals surface area (Å²) in [5.74, 6) is -1.61. The largest absolute Gasteiger partial charge is 0.481 e. The van der Waals surface area contributed by atoms with Crippen LogP contribution in [0.3, 0.4) is 0 Å². The zero-order valence-corrected chi connectivity index (χ0v) is 8.85. The molecule has 0 spiro atoms. The molecule has 3 nitrogen and oxygen atoms in total. The SMILES string of the molecule is CC(Cn1ccc2c(F)cccc21)C(=O)O. The van der Waals surface area contributed by atoms with Crippen molar-refractivity contribution in [3.05, 3.63) is 36.3 Å². The molecule has 1 atom stereocenters. The summed E-state index contributed by atoms with van der Waals surface area (Å²) in [7, 11) is 0. The van der Waals surface area contributed by atoms with Gasteiger partial charge in [-0.2, -0.15) is 0 Å². The predicted molar refractivity (Wildman–Crippen MR) is 58.7 cm³/mol. The molecule has 0 amide bonds. The molecular formula is C12H12FNO2. The summed E-state index contributed by atoms with van der Waals surface area (Å²) in [4.78, 5) is 10.7. The summed E-state index contributed by atoms with van der Waals surface area (Å²) in [5, 5.41) is 9.35. The Balaban J connectivity index is 2.39. The van der Waals surface area contributed by atoms with Gasteiger partial charge in [-0.05, 0) is 18.2 Å². The van der Waals surface area contributed by atoms with Crippen LogP contribution in [0.2, 0.25) is 0 Å². The first-order chi connectivity index (χ1) is 7.59. The number of nitrogens with zero attached hydrogens (tertiary/aromatic N) is 1. The van der Waals surface area contributed by atoms with E-state index in [1.54, 1.807) is 35.9 Å². The van der Waals surface area contributed by atoms with Crippen molar-refractivity contribution in [2.75, 3.05) is 0 Å². The van der Waals surface area contributed by atoms with Gasteiger partial charge in [0.25, 0.3) is 0 Å². The number of fused-ring (bicyclic) bond motifs is 1. The third-order valence-electron chi connectivity index (χ3n) is 2.65. The van der Waals surface area contributed by atoms with Crippen LogP contribution < -0.4 is 0 Å². The van der Waals surface area contributed by atoms with Crippen molar-refractivity contribution >= 4 is 16.9 Å². The van der Waals surface area contributed by atoms with Crippen molar-refractivity contribution in [2.24, 2.45) is 5.92 Å². The molecular weight excluding hydrogens is 209 g/mol. The smallest absolute Gasteiger partial charge is 0.308 e. The Morgan fingerprint density at radius 3 is 2.94 bits per heavy atom. The number of carboxylic acid groups (broad SMARTS) is 1. The number of carbonyl (C=O) groups is 1. The summed E-state index contributed by atoms with van der Waals surface area (Å²) in [6.45, 7) is 1.98. The lowest BCUT2D eigenvalue weighted by atomic mass is 10.2. The molecule has 2 aromatic rings. The lowest BCUT2D eigenvalue weighted by Crippen LogP contribution is -2.16. The number of aromatic nitrogens is 1. The van der Waals surface area contributed by atoms with E-state index in [2.05, 4.69) is 0 Å². The highest BCUT2D eigenvalue weighted by Crippen LogP contribution is 2.19. The summed E-state index contributed by atoms with van der Waals surface area (Å²) in [5.41, 5.74) is 0.730. The molecule has 2 rings (SSSR count). The van der Waals surface area contributed by atoms with Crippen LogP contribution in [0.4, 0.5) is 4.39 Å². The number of halogens is 1. The van der Waals surface area contributed by atoms with Crippen LogP contribution in [0.1, 0.15) is 6.92 Å². The second-order valence-electron chi connectivity index (χ2n) is 3.88. The van der Waals surface area contributed by atoms with E-state index in [9.17, 15) is 9.18 Å². The number of aliphatic carboxylic acids is 1. The minimum Gasteiger partial charge on any atom is -0.481 e. The van der Waals surface area contributed by atoms with Gasteiger partial charge in [0.2, 0.25) is 0 Å². The topological polar surface area (TPSA) is 42.2 Å². The monoisotopic (exact) mass is 221 g/mol. The molecule has 0 fully saturated rings. The summed E-state index contributed by atoms with van der Waals surface area (Å²) >= 11 is 0. The molecule has 0 saturated heterocycles. The molecule has 0 radical (unpaired) electrons. The normalized spacial score (nSPS) is 12.9. The first kappa shape index (κ1) is 10.7. The van der Waals surface area contributed by atoms with Gasteiger partial charge in [-0.15, -0.1) is 0 Å². The van der Waals surface area contributed by atoms with E-state index < -0.39 is 11.9 Å². The number of rotatable bonds is 3. The molecule has 16 heavy (non-hydrogen) atoms. The van der Waals surface area contributed by atoms with Crippen LogP contribution >= 0.6 is 0 Å². The fourth-order valence-electron chi connectivity index (χ4n) is 1.72. The number of hydrogen-bond acceptors (Lipinski definition) is 1. The van der Waals surface area contributed by atoms with Gasteiger partial charge in [0.15, 0.2) is 0 Å². The van der Waals surface area contributed by atoms with Gasteiger partial charge in [0.1, 0.15) is 5.82 Å². The van der Waals surface area contributed by atoms with E-state index in [0.29, 0.717) is 11.9 Å². The van der Waals surface area contributed by atoms with E-state index in [0.717, 1.165) is 5.52 Å². The zero-order chi connectivity index (χ0) is 11.7. The fraction of sp³-hybridized carbons (Fsp3) is 0.250. The van der Waals surface area contributed by atoms with E-state index in [1.165, 1.54) is 6.07 Å². The summed E-state index contributed by atoms with van der Waals surface area (Å²) in [6.07, 6.45) is 1.72. The zero-order valence-electron chi connectivity index (χ0n) is 8.85. The van der Waals surface area contributed by atoms with Crippen LogP contribution in [0.5, 0.6) is 0 Å². The van der Waals surface area contributed by atoms with Gasteiger partial charge >= 0.3 is 5.97 Å². The lowest BCUT2D eigenvalue weighted by Gasteiger charge is -2.08. The quantitative estimate of drug-likeness (QED) is 0.865. The van der Waals surface area contributed by atoms with E-state index in [1.807, 2.05) is 0 Å². The average molecular weight is 221 g/mol. The Morgan fingerprint density at radius 1 is 1.50 bits per heavy atom. The number of hydrogen-bond donors (Lipinski definition) is 1. The van der Waals surface area contributed by atoms with E-state index in [-0.39, 0.29) is 5.82 Å². The van der Waals surface area contributed by atoms with Crippen molar-refractivity contribution in [3.8, 4) is 0 Å². The second-order valence-corrected chi connectivity index (χ2v) is 3.88. The molecule has 1 unspecified atom stereocenters. The van der Waals surface area contributed by atoms with Gasteiger partial charge in [-0.25, -0.2) is 4.39 Å². The molecule has 0 bridgehead atoms. The maximum atomic E-state index is 13.4. The van der Waals surface area contributed by atoms with Crippen molar-refractivity contribution in [2.45, 2.75) is 13.5 Å². The summed E-state index contributed by atoms with van der Waals surface area (Å²) in [6, 6.07) is 6.47. The predicted octanol–water partition coefficient (Wildman–Crippen LogP) is 2.50. The maximum Gasteiger partial charge on any atom is 0.308 e. The molecule has 84 valence electrons. The fourth-order valence-corrected chi connectivity index (χ4v) is 1.72. The molecule has 4 heteroatoms. The molecule has 0 aliphatic heterocycles. The highest BCUT2D eigenvalue weighted by atomic mass is 19.1. The van der Waals surface area contributed by atoms with Crippen LogP contribution in [0, 0.1) is 11.7 Å². The van der Waals surface area contributed by atoms with Crippen molar-refractivity contribution in [3.63, 3.8) is 0 Å². The van der Waals surface area contributed by atoms with Crippen LogP contribution in [0.25, 0.3) is 10.9 Å². The van der Waals surface area contributed by atoms with Gasteiger partial charge in [-0.1, -0.05) is 13.0 Å². The minimum absolute atomic E-state index is 0.278. The lowest BCUT2D eigenvalue weighted by molar-refractivity contribution is -0.141. The molecule has 1 aromatic heterocycles. The highest BCUT2D eigenvalue weighted by Gasteiger charge is 2.13. The number of carboxylic acids is 1. The van der Waals surface area contributed by atoms with Gasteiger partial charge in [-0.3, -0.25) is 4.79 Å². The molecule has 0 saturated carbocycles. The van der Waals surface area contributed by atoms with Gasteiger partial charge < -0.3 is 9.67 Å². The number of benzene rings is 1. The first-order valence-corrected chi connectivity index (χ1v) is 5.06.